The Kier molecular flexibility index (Phi) is 23.7. The van der Waals surface area contributed by atoms with Crippen molar-refractivity contribution in [2.45, 2.75) is 0 Å². The predicted octanol–water partition coefficient (Wildman–Crippen LogP) is -4.00. The topological polar surface area (TPSA) is 114 Å². The van der Waals surface area contributed by atoms with Gasteiger partial charge in [-0.3, -0.25) is 0 Å². The summed E-state index contributed by atoms with van der Waals surface area (Å²) in [5, 5.41) is 0. The van der Waals surface area contributed by atoms with Gasteiger partial charge in [0.05, 0.1) is 0 Å². The second kappa shape index (κ2) is 12.5. The molecule has 0 aromatic heterocycles. The minimum atomic E-state index is -4.34. The molecule has 9 heavy (non-hydrogen) atoms. The van der Waals surface area contributed by atoms with Crippen LogP contribution in [0.5, 0.6) is 0 Å². The third-order valence-electron chi connectivity index (χ3n) is 0. The van der Waals surface area contributed by atoms with E-state index in [9.17, 15) is 0 Å². The molecular weight excluding hydrogens is 721 g/mol. The quantitative estimate of drug-likeness (QED) is 0.236. The van der Waals surface area contributed by atoms with Crippen LogP contribution in [0.15, 0.2) is 0 Å². The summed E-state index contributed by atoms with van der Waals surface area (Å²) in [5.74, 6) is 0. The van der Waals surface area contributed by atoms with E-state index in [1.807, 2.05) is 0 Å². The molecule has 0 amide bonds. The van der Waals surface area contributed by atoms with Gasteiger partial charge >= 0.3 is 89.3 Å². The van der Waals surface area contributed by atoms with Crippen molar-refractivity contribution >= 4 is 71.7 Å². The van der Waals surface area contributed by atoms with Gasteiger partial charge in [0.25, 0.3) is 0 Å². The number of hydrogen-bond donors (Lipinski definition) is 0. The van der Waals surface area contributed by atoms with Gasteiger partial charge in [-0.25, -0.2) is 0 Å². The standard InChI is InChI=1S/2Bi.6O.Pb/q;;;;;;2*-1;+2. The molecule has 0 heterocycles. The van der Waals surface area contributed by atoms with E-state index in [1.165, 1.54) is 0 Å². The predicted molar refractivity (Wildman–Crippen MR) is 20.0 cm³/mol. The second-order valence-electron chi connectivity index (χ2n) is 0.447. The molecule has 0 aromatic carbocycles. The molecular formula is Bi2O6Pb. The van der Waals surface area contributed by atoms with Gasteiger partial charge < -0.3 is 0 Å². The zero-order valence-electron chi connectivity index (χ0n) is 3.84. The van der Waals surface area contributed by atoms with Crippen LogP contribution < -0.4 is 6.37 Å². The molecule has 2 radical (unpaired) electrons. The van der Waals surface area contributed by atoms with Gasteiger partial charge in [0.2, 0.25) is 0 Å². The van der Waals surface area contributed by atoms with Gasteiger partial charge in [0.1, 0.15) is 0 Å². The molecule has 0 aromatic rings. The smallest absolute Gasteiger partial charge is 2.00 e. The van der Waals surface area contributed by atoms with Crippen LogP contribution in [0.1, 0.15) is 0 Å². The maximum absolute atomic E-state index is 8.62. The summed E-state index contributed by atoms with van der Waals surface area (Å²) in [5.41, 5.74) is 0. The summed E-state index contributed by atoms with van der Waals surface area (Å²) >= 11 is -8.69. The van der Waals surface area contributed by atoms with Crippen molar-refractivity contribution in [2.24, 2.45) is 0 Å². The van der Waals surface area contributed by atoms with E-state index in [2.05, 4.69) is 0 Å². The molecule has 0 aliphatic heterocycles. The van der Waals surface area contributed by atoms with E-state index >= 15 is 0 Å². The van der Waals surface area contributed by atoms with Gasteiger partial charge in [-0.2, -0.15) is 0 Å². The first kappa shape index (κ1) is 17.1. The largest absolute Gasteiger partial charge is 2.00 e. The molecule has 0 aliphatic rings. The monoisotopic (exact) mass is 722 g/mol. The molecule has 6 nitrogen and oxygen atoms in total. The van der Waals surface area contributed by atoms with E-state index in [4.69, 9.17) is 17.6 Å². The average molecular weight is 721 g/mol. The molecule has 50 valence electrons. The molecule has 0 spiro atoms. The fourth-order valence-electron chi connectivity index (χ4n) is 0. The van der Waals surface area contributed by atoms with Crippen LogP contribution in [0.4, 0.5) is 0 Å². The van der Waals surface area contributed by atoms with Crippen molar-refractivity contribution in [2.75, 3.05) is 0 Å². The van der Waals surface area contributed by atoms with E-state index in [0.29, 0.717) is 0 Å². The van der Waals surface area contributed by atoms with Gasteiger partial charge in [0, 0.05) is 0 Å². The Bertz CT molecular complexity index is 128. The Hall–Kier alpha value is 1.81. The van der Waals surface area contributed by atoms with E-state index in [-0.39, 0.29) is 27.3 Å². The van der Waals surface area contributed by atoms with Crippen LogP contribution in [-0.4, -0.2) is 71.7 Å². The summed E-state index contributed by atoms with van der Waals surface area (Å²) in [6, 6.07) is 0. The van der Waals surface area contributed by atoms with E-state index < -0.39 is 44.4 Å². The van der Waals surface area contributed by atoms with Crippen LogP contribution in [0.25, 0.3) is 0 Å². The second-order valence-corrected chi connectivity index (χ2v) is 3.92. The van der Waals surface area contributed by atoms with Gasteiger partial charge in [-0.05, 0) is 0 Å². The Morgan fingerprint density at radius 2 is 0.778 bits per heavy atom. The first-order valence-corrected chi connectivity index (χ1v) is 9.61. The minimum absolute atomic E-state index is 0. The zero-order chi connectivity index (χ0) is 7.15. The third kappa shape index (κ3) is 183. The molecule has 0 saturated carbocycles. The van der Waals surface area contributed by atoms with Crippen LogP contribution in [-0.2, 0) is 11.3 Å². The summed E-state index contributed by atoms with van der Waals surface area (Å²) in [4.78, 5) is 0. The SMILES string of the molecule is [O]=[Bi](=[O])[O-].[O]=[Bi](=[O])[O-].[Pb+2]. The molecule has 9 heteroatoms. The Morgan fingerprint density at radius 1 is 0.778 bits per heavy atom. The fourth-order valence-corrected chi connectivity index (χ4v) is 0. The van der Waals surface area contributed by atoms with Crippen molar-refractivity contribution < 1.29 is 17.6 Å². The summed E-state index contributed by atoms with van der Waals surface area (Å²) in [6.07, 6.45) is 0. The molecule has 0 aliphatic carbocycles. The first-order chi connectivity index (χ1) is 3.46. The zero-order valence-corrected chi connectivity index (χ0v) is 14.7. The summed E-state index contributed by atoms with van der Waals surface area (Å²) in [7, 11) is 0. The van der Waals surface area contributed by atoms with Gasteiger partial charge in [-0.1, -0.05) is 0 Å². The third-order valence-corrected chi connectivity index (χ3v) is 0. The van der Waals surface area contributed by atoms with Crippen LogP contribution in [0.3, 0.4) is 0 Å². The molecule has 0 bridgehead atoms. The van der Waals surface area contributed by atoms with Crippen molar-refractivity contribution in [1.82, 2.24) is 0 Å². The molecule has 0 atom stereocenters. The van der Waals surface area contributed by atoms with Crippen molar-refractivity contribution in [3.05, 3.63) is 0 Å². The van der Waals surface area contributed by atoms with E-state index in [1.54, 1.807) is 0 Å². The maximum atomic E-state index is 8.62. The van der Waals surface area contributed by atoms with Crippen molar-refractivity contribution in [1.29, 1.82) is 0 Å². The Morgan fingerprint density at radius 3 is 0.778 bits per heavy atom. The summed E-state index contributed by atoms with van der Waals surface area (Å²) in [6.45, 7) is 0. The maximum Gasteiger partial charge on any atom is 2.00 e. The average Bonchev–Trinajstić information content (AvgIpc) is 1.25. The molecule has 0 rings (SSSR count). The molecule has 0 N–H and O–H groups in total. The number of rotatable bonds is 0. The van der Waals surface area contributed by atoms with E-state index in [0.717, 1.165) is 0 Å². The molecule has 0 fully saturated rings. The van der Waals surface area contributed by atoms with Crippen LogP contribution >= 0.6 is 0 Å². The molecule has 0 unspecified atom stereocenters. The van der Waals surface area contributed by atoms with Crippen LogP contribution in [0, 0.1) is 0 Å². The van der Waals surface area contributed by atoms with Crippen LogP contribution in [0.2, 0.25) is 0 Å². The Balaban J connectivity index is -0.0000000720. The molecule has 0 saturated heterocycles. The Labute approximate surface area is 87.8 Å². The van der Waals surface area contributed by atoms with Gasteiger partial charge in [-0.15, -0.1) is 0 Å². The number of hydrogen-bond acceptors (Lipinski definition) is 6. The first-order valence-electron chi connectivity index (χ1n) is 1.10. The van der Waals surface area contributed by atoms with Crippen molar-refractivity contribution in [3.8, 4) is 0 Å². The summed E-state index contributed by atoms with van der Waals surface area (Å²) < 4.78 is 51.7. The fraction of sp³-hybridized carbons (Fsp3) is 0. The normalized spacial score (nSPS) is 5.56. The van der Waals surface area contributed by atoms with Gasteiger partial charge in [0.15, 0.2) is 0 Å². The van der Waals surface area contributed by atoms with Crippen molar-refractivity contribution in [3.63, 3.8) is 0 Å². The minimum Gasteiger partial charge on any atom is 2.00 e.